The number of ketones is 1. The van der Waals surface area contributed by atoms with Crippen molar-refractivity contribution in [1.29, 1.82) is 0 Å². The van der Waals surface area contributed by atoms with E-state index in [9.17, 15) is 9.59 Å². The summed E-state index contributed by atoms with van der Waals surface area (Å²) in [6.07, 6.45) is 8.08. The van der Waals surface area contributed by atoms with Crippen LogP contribution in [0.4, 0.5) is 5.69 Å². The van der Waals surface area contributed by atoms with E-state index in [4.69, 9.17) is 17.0 Å². The number of rotatable bonds is 4. The minimum atomic E-state index is -0.592. The molecule has 2 unspecified atom stereocenters. The fraction of sp³-hybridized carbons (Fsp3) is 0.614. The number of allylic oxidation sites excluding steroid dienone is 2. The Balaban J connectivity index is 1.42. The summed E-state index contributed by atoms with van der Waals surface area (Å²) in [5.74, 6) is 0.672. The molecule has 2 aromatic rings. The first-order valence-corrected chi connectivity index (χ1v) is 18.7. The van der Waals surface area contributed by atoms with Gasteiger partial charge in [-0.25, -0.2) is 6.57 Å². The molecule has 260 valence electrons. The molecule has 0 heterocycles. The number of hydrogen-bond acceptors (Lipinski definition) is 4. The molecule has 2 aromatic carbocycles. The number of benzene rings is 2. The highest BCUT2D eigenvalue weighted by Gasteiger charge is 2.72. The molecule has 2 N–H and O–H groups in total. The summed E-state index contributed by atoms with van der Waals surface area (Å²) in [6, 6.07) is 17.9. The molecule has 4 saturated carbocycles. The molecule has 5 nitrogen and oxygen atoms in total. The summed E-state index contributed by atoms with van der Waals surface area (Å²) in [7, 11) is 0. The summed E-state index contributed by atoms with van der Waals surface area (Å²) in [5.41, 5.74) is 10.9. The number of nitrogens with two attached hydrogens (primary N) is 1. The Morgan fingerprint density at radius 3 is 2.31 bits per heavy atom. The van der Waals surface area contributed by atoms with Crippen LogP contribution in [-0.2, 0) is 20.9 Å². The molecule has 0 bridgehead atoms. The highest BCUT2D eigenvalue weighted by Crippen LogP contribution is 2.77. The van der Waals surface area contributed by atoms with E-state index in [0.717, 1.165) is 62.6 Å². The van der Waals surface area contributed by atoms with E-state index in [0.29, 0.717) is 13.0 Å². The average molecular weight is 661 g/mol. The summed E-state index contributed by atoms with van der Waals surface area (Å²) in [6.45, 7) is 24.9. The number of esters is 1. The number of ether oxygens (including phenoxy) is 1. The average Bonchev–Trinajstić information content (AvgIpc) is 3.05. The molecular formula is C44H56N2O3. The van der Waals surface area contributed by atoms with Gasteiger partial charge >= 0.3 is 5.97 Å². The molecule has 5 heteroatoms. The zero-order valence-electron chi connectivity index (χ0n) is 30.8. The Labute approximate surface area is 294 Å². The van der Waals surface area contributed by atoms with Crippen LogP contribution in [0.15, 0.2) is 60.2 Å². The van der Waals surface area contributed by atoms with Gasteiger partial charge < -0.3 is 15.3 Å². The summed E-state index contributed by atoms with van der Waals surface area (Å²) < 4.78 is 6.30. The highest BCUT2D eigenvalue weighted by molar-refractivity contribution is 5.92. The third-order valence-electron chi connectivity index (χ3n) is 15.4. The van der Waals surface area contributed by atoms with Crippen molar-refractivity contribution in [2.45, 2.75) is 119 Å². The van der Waals surface area contributed by atoms with Gasteiger partial charge in [0.2, 0.25) is 5.78 Å². The van der Waals surface area contributed by atoms with Crippen molar-refractivity contribution in [2.75, 3.05) is 5.73 Å². The number of nitrogen functional groups attached to an aromatic ring is 1. The molecule has 0 aliphatic heterocycles. The van der Waals surface area contributed by atoms with Gasteiger partial charge in [-0.05, 0) is 120 Å². The Bertz CT molecular complexity index is 1750. The van der Waals surface area contributed by atoms with Crippen LogP contribution in [0.1, 0.15) is 117 Å². The van der Waals surface area contributed by atoms with Crippen LogP contribution in [0.25, 0.3) is 10.4 Å². The summed E-state index contributed by atoms with van der Waals surface area (Å²) in [5, 5.41) is 0. The predicted octanol–water partition coefficient (Wildman–Crippen LogP) is 10.1. The summed E-state index contributed by atoms with van der Waals surface area (Å²) >= 11 is 0. The van der Waals surface area contributed by atoms with Crippen LogP contribution in [0.2, 0.25) is 0 Å². The Morgan fingerprint density at radius 2 is 1.61 bits per heavy atom. The minimum Gasteiger partial charge on any atom is -0.460 e. The third kappa shape index (κ3) is 4.90. The first-order valence-electron chi connectivity index (χ1n) is 18.7. The number of nitrogens with zero attached hydrogens (tertiary/aromatic N) is 1. The normalized spacial score (nSPS) is 39.0. The monoisotopic (exact) mass is 660 g/mol. The quantitative estimate of drug-likeness (QED) is 0.201. The van der Waals surface area contributed by atoms with Crippen molar-refractivity contribution in [3.8, 4) is 0 Å². The van der Waals surface area contributed by atoms with Crippen molar-refractivity contribution >= 4 is 23.0 Å². The molecule has 49 heavy (non-hydrogen) atoms. The molecule has 0 amide bonds. The number of fused-ring (bicyclic) bond motifs is 7. The Morgan fingerprint density at radius 1 is 0.898 bits per heavy atom. The summed E-state index contributed by atoms with van der Waals surface area (Å²) in [4.78, 5) is 32.3. The Kier molecular flexibility index (Phi) is 7.87. The van der Waals surface area contributed by atoms with E-state index < -0.39 is 16.9 Å². The molecule has 0 radical (unpaired) electrons. The van der Waals surface area contributed by atoms with Gasteiger partial charge in [-0.15, -0.1) is 0 Å². The van der Waals surface area contributed by atoms with Crippen molar-refractivity contribution in [3.05, 3.63) is 82.7 Å². The maximum atomic E-state index is 14.7. The number of carbonyl (C=O) groups excluding carboxylic acids is 2. The maximum absolute atomic E-state index is 14.7. The Hall–Kier alpha value is -3.39. The smallest absolute Gasteiger partial charge is 0.313 e. The molecular weight excluding hydrogens is 604 g/mol. The fourth-order valence-corrected chi connectivity index (χ4v) is 12.6. The zero-order chi connectivity index (χ0) is 35.2. The lowest BCUT2D eigenvalue weighted by Gasteiger charge is -2.71. The molecule has 7 rings (SSSR count). The van der Waals surface area contributed by atoms with Crippen LogP contribution in [0, 0.1) is 56.8 Å². The van der Waals surface area contributed by atoms with Gasteiger partial charge in [-0.1, -0.05) is 96.5 Å². The highest BCUT2D eigenvalue weighted by atomic mass is 16.5. The lowest BCUT2D eigenvalue weighted by Crippen LogP contribution is -2.66. The fourth-order valence-electron chi connectivity index (χ4n) is 12.6. The number of anilines is 1. The lowest BCUT2D eigenvalue weighted by molar-refractivity contribution is -0.191. The molecule has 0 saturated heterocycles. The second-order valence-corrected chi connectivity index (χ2v) is 18.7. The van der Waals surface area contributed by atoms with Crippen LogP contribution in [0.5, 0.6) is 0 Å². The molecule has 4 fully saturated rings. The maximum Gasteiger partial charge on any atom is 0.313 e. The molecule has 8 atom stereocenters. The number of carbonyl (C=O) groups is 2. The van der Waals surface area contributed by atoms with Gasteiger partial charge in [0, 0.05) is 17.5 Å². The van der Waals surface area contributed by atoms with Gasteiger partial charge in [-0.2, -0.15) is 0 Å². The van der Waals surface area contributed by atoms with E-state index in [1.807, 2.05) is 36.4 Å². The van der Waals surface area contributed by atoms with Gasteiger partial charge in [-0.3, -0.25) is 9.59 Å². The van der Waals surface area contributed by atoms with Crippen LogP contribution in [-0.4, -0.2) is 17.8 Å². The van der Waals surface area contributed by atoms with Crippen molar-refractivity contribution in [3.63, 3.8) is 0 Å². The standard InChI is InChI=1S/C44H56N2O3/c1-39(2)19-21-44(38(48)49-27-28-13-10-9-11-14-28)22-20-43(7)36(32(44)25-39)31(29-15-12-16-30(45)23-29)24-35-41(5)26-33(46-8)37(47)40(3,4)34(41)17-18-42(35,43)6/h9-16,23,32-35H,17-22,24-27,45H2,1-7H3/t32-,33?,34-,35?,41-,42+,43+,44-/m0/s1. The minimum absolute atomic E-state index is 0.0336. The van der Waals surface area contributed by atoms with E-state index in [-0.39, 0.29) is 51.2 Å². The van der Waals surface area contributed by atoms with Crippen LogP contribution >= 0.6 is 0 Å². The molecule has 0 spiro atoms. The number of Topliss-reactive ketones (excluding diaryl/α,β-unsaturated/α-hetero) is 1. The van der Waals surface area contributed by atoms with Gasteiger partial charge in [0.25, 0.3) is 6.04 Å². The zero-order valence-corrected chi connectivity index (χ0v) is 30.8. The molecule has 0 aromatic heterocycles. The molecule has 5 aliphatic carbocycles. The first-order chi connectivity index (χ1) is 23.0. The van der Waals surface area contributed by atoms with Gasteiger partial charge in [0.05, 0.1) is 5.41 Å². The van der Waals surface area contributed by atoms with E-state index in [2.05, 4.69) is 71.5 Å². The second kappa shape index (κ2) is 11.3. The SMILES string of the molecule is [C-]#[N+]C1C[C@]2(C)C3CC(c4cccc(N)c4)=C4[C@@H]5CC(C)(C)CC[C@]5(C(=O)OCc5ccccc5)CC[C@@]4(C)[C@]3(C)CC[C@H]2C(C)(C)C1=O. The molecule has 5 aliphatic rings. The largest absolute Gasteiger partial charge is 0.460 e. The van der Waals surface area contributed by atoms with E-state index >= 15 is 0 Å². The van der Waals surface area contributed by atoms with Crippen molar-refractivity contribution < 1.29 is 14.3 Å². The van der Waals surface area contributed by atoms with E-state index in [1.165, 1.54) is 16.7 Å². The van der Waals surface area contributed by atoms with Crippen LogP contribution in [0.3, 0.4) is 0 Å². The topological polar surface area (TPSA) is 73.8 Å². The van der Waals surface area contributed by atoms with Crippen LogP contribution < -0.4 is 5.73 Å². The number of hydrogen-bond donors (Lipinski definition) is 1. The van der Waals surface area contributed by atoms with E-state index in [1.54, 1.807) is 0 Å². The van der Waals surface area contributed by atoms with Crippen molar-refractivity contribution in [1.82, 2.24) is 0 Å². The van der Waals surface area contributed by atoms with Crippen molar-refractivity contribution in [2.24, 2.45) is 50.2 Å². The van der Waals surface area contributed by atoms with Gasteiger partial charge in [0.1, 0.15) is 6.61 Å². The predicted molar refractivity (Wildman–Crippen MR) is 196 cm³/mol. The second-order valence-electron chi connectivity index (χ2n) is 18.7. The van der Waals surface area contributed by atoms with Gasteiger partial charge in [0.15, 0.2) is 0 Å². The first kappa shape index (κ1) is 34.1. The lowest BCUT2D eigenvalue weighted by atomic mass is 9.32. The third-order valence-corrected chi connectivity index (χ3v) is 15.4.